The maximum atomic E-state index is 10.6. The van der Waals surface area contributed by atoms with Crippen molar-refractivity contribution >= 4 is 6.29 Å². The predicted molar refractivity (Wildman–Crippen MR) is 57.9 cm³/mol. The molecule has 0 aliphatic heterocycles. The summed E-state index contributed by atoms with van der Waals surface area (Å²) in [4.78, 5) is 10.6. The molecule has 0 aliphatic carbocycles. The van der Waals surface area contributed by atoms with Crippen LogP contribution in [-0.4, -0.2) is 18.0 Å². The van der Waals surface area contributed by atoms with Crippen molar-refractivity contribution in [2.75, 3.05) is 6.61 Å². The first-order chi connectivity index (χ1) is 7.10. The molecule has 0 bridgehead atoms. The van der Waals surface area contributed by atoms with E-state index >= 15 is 0 Å². The summed E-state index contributed by atoms with van der Waals surface area (Å²) in [6, 6.07) is 6.89. The van der Waals surface area contributed by atoms with E-state index < -0.39 is 5.60 Å². The Hall–Kier alpha value is -1.35. The normalized spacial score (nSPS) is 14.3. The Balaban J connectivity index is 2.76. The number of ether oxygens (including phenoxy) is 1. The van der Waals surface area contributed by atoms with Gasteiger partial charge in [-0.25, -0.2) is 0 Å². The van der Waals surface area contributed by atoms with Gasteiger partial charge in [-0.1, -0.05) is 19.1 Å². The molecule has 0 saturated carbocycles. The van der Waals surface area contributed by atoms with Crippen LogP contribution in [0.25, 0.3) is 0 Å². The van der Waals surface area contributed by atoms with Crippen LogP contribution in [-0.2, 0) is 10.4 Å². The van der Waals surface area contributed by atoms with Crippen LogP contribution in [0.15, 0.2) is 24.3 Å². The van der Waals surface area contributed by atoms with Gasteiger partial charge in [-0.3, -0.25) is 4.79 Å². The summed E-state index contributed by atoms with van der Waals surface area (Å²) in [5, 5.41) is 9.65. The largest absolute Gasteiger partial charge is 0.494 e. The van der Waals surface area contributed by atoms with E-state index in [1.54, 1.807) is 24.3 Å². The first kappa shape index (κ1) is 11.7. The van der Waals surface area contributed by atoms with Crippen molar-refractivity contribution in [2.24, 2.45) is 0 Å². The van der Waals surface area contributed by atoms with Crippen molar-refractivity contribution in [3.8, 4) is 5.75 Å². The van der Waals surface area contributed by atoms with Gasteiger partial charge in [-0.2, -0.15) is 0 Å². The van der Waals surface area contributed by atoms with Crippen molar-refractivity contribution < 1.29 is 14.6 Å². The molecule has 0 amide bonds. The third kappa shape index (κ3) is 3.06. The number of carbonyl (C=O) groups excluding carboxylic acids is 1. The third-order valence-corrected chi connectivity index (χ3v) is 2.14. The van der Waals surface area contributed by atoms with E-state index in [-0.39, 0.29) is 0 Å². The van der Waals surface area contributed by atoms with Crippen LogP contribution >= 0.6 is 0 Å². The molecule has 1 N–H and O–H groups in total. The van der Waals surface area contributed by atoms with Crippen LogP contribution in [0, 0.1) is 0 Å². The van der Waals surface area contributed by atoms with Crippen molar-refractivity contribution in [3.05, 3.63) is 29.8 Å². The Kier molecular flexibility index (Phi) is 3.86. The van der Waals surface area contributed by atoms with Gasteiger partial charge in [-0.05, 0) is 31.0 Å². The summed E-state index contributed by atoms with van der Waals surface area (Å²) >= 11 is 0. The molecule has 82 valence electrons. The van der Waals surface area contributed by atoms with Gasteiger partial charge in [0.2, 0.25) is 0 Å². The van der Waals surface area contributed by atoms with E-state index in [1.807, 2.05) is 6.92 Å². The molecule has 3 heteroatoms. The molecule has 3 nitrogen and oxygen atoms in total. The van der Waals surface area contributed by atoms with Gasteiger partial charge in [0.05, 0.1) is 6.61 Å². The van der Waals surface area contributed by atoms with Crippen LogP contribution in [0.3, 0.4) is 0 Å². The molecule has 0 heterocycles. The molecular formula is C12H16O3. The molecule has 1 rings (SSSR count). The SMILES string of the molecule is CCCOc1ccc(C(C)(O)C=O)cc1. The Morgan fingerprint density at radius 2 is 2.00 bits per heavy atom. The van der Waals surface area contributed by atoms with Gasteiger partial charge in [0, 0.05) is 0 Å². The second kappa shape index (κ2) is 4.94. The zero-order chi connectivity index (χ0) is 11.3. The molecular weight excluding hydrogens is 192 g/mol. The monoisotopic (exact) mass is 208 g/mol. The summed E-state index contributed by atoms with van der Waals surface area (Å²) in [7, 11) is 0. The minimum Gasteiger partial charge on any atom is -0.494 e. The van der Waals surface area contributed by atoms with Crippen molar-refractivity contribution in [1.82, 2.24) is 0 Å². The molecule has 1 aromatic rings. The fourth-order valence-electron chi connectivity index (χ4n) is 1.18. The maximum Gasteiger partial charge on any atom is 0.155 e. The molecule has 0 fully saturated rings. The number of carbonyl (C=O) groups is 1. The smallest absolute Gasteiger partial charge is 0.155 e. The van der Waals surface area contributed by atoms with E-state index in [9.17, 15) is 9.90 Å². The molecule has 1 unspecified atom stereocenters. The Labute approximate surface area is 89.7 Å². The number of benzene rings is 1. The Bertz CT molecular complexity index is 314. The van der Waals surface area contributed by atoms with E-state index in [2.05, 4.69) is 0 Å². The van der Waals surface area contributed by atoms with Crippen molar-refractivity contribution in [1.29, 1.82) is 0 Å². The van der Waals surface area contributed by atoms with Gasteiger partial charge < -0.3 is 9.84 Å². The van der Waals surface area contributed by atoms with Crippen LogP contribution < -0.4 is 4.74 Å². The zero-order valence-corrected chi connectivity index (χ0v) is 9.06. The zero-order valence-electron chi connectivity index (χ0n) is 9.06. The summed E-state index contributed by atoms with van der Waals surface area (Å²) < 4.78 is 5.39. The molecule has 0 spiro atoms. The van der Waals surface area contributed by atoms with Gasteiger partial charge in [0.15, 0.2) is 6.29 Å². The second-order valence-electron chi connectivity index (χ2n) is 3.64. The molecule has 1 atom stereocenters. The van der Waals surface area contributed by atoms with E-state index in [1.165, 1.54) is 6.92 Å². The molecule has 1 aromatic carbocycles. The lowest BCUT2D eigenvalue weighted by Gasteiger charge is -2.16. The third-order valence-electron chi connectivity index (χ3n) is 2.14. The Morgan fingerprint density at radius 1 is 1.40 bits per heavy atom. The summed E-state index contributed by atoms with van der Waals surface area (Å²) in [5.41, 5.74) is -0.843. The minimum absolute atomic E-state index is 0.523. The fourth-order valence-corrected chi connectivity index (χ4v) is 1.18. The van der Waals surface area contributed by atoms with Gasteiger partial charge in [-0.15, -0.1) is 0 Å². The molecule has 0 aromatic heterocycles. The summed E-state index contributed by atoms with van der Waals surface area (Å²) in [6.45, 7) is 4.16. The van der Waals surface area contributed by atoms with Gasteiger partial charge in [0.25, 0.3) is 0 Å². The minimum atomic E-state index is -1.41. The second-order valence-corrected chi connectivity index (χ2v) is 3.64. The quantitative estimate of drug-likeness (QED) is 0.751. The first-order valence-corrected chi connectivity index (χ1v) is 5.02. The van der Waals surface area contributed by atoms with E-state index in [4.69, 9.17) is 4.74 Å². The predicted octanol–water partition coefficient (Wildman–Crippen LogP) is 1.88. The highest BCUT2D eigenvalue weighted by Crippen LogP contribution is 2.21. The lowest BCUT2D eigenvalue weighted by Crippen LogP contribution is -2.22. The van der Waals surface area contributed by atoms with E-state index in [0.717, 1.165) is 12.2 Å². The maximum absolute atomic E-state index is 10.6. The van der Waals surface area contributed by atoms with Crippen LogP contribution in [0.4, 0.5) is 0 Å². The van der Waals surface area contributed by atoms with Crippen LogP contribution in [0.1, 0.15) is 25.8 Å². The van der Waals surface area contributed by atoms with Crippen LogP contribution in [0.5, 0.6) is 5.75 Å². The molecule has 0 saturated heterocycles. The molecule has 0 radical (unpaired) electrons. The van der Waals surface area contributed by atoms with Crippen LogP contribution in [0.2, 0.25) is 0 Å². The van der Waals surface area contributed by atoms with Crippen molar-refractivity contribution in [2.45, 2.75) is 25.9 Å². The topological polar surface area (TPSA) is 46.5 Å². The Morgan fingerprint density at radius 3 is 2.47 bits per heavy atom. The number of rotatable bonds is 5. The lowest BCUT2D eigenvalue weighted by molar-refractivity contribution is -0.123. The summed E-state index contributed by atoms with van der Waals surface area (Å²) in [5.74, 6) is 0.752. The van der Waals surface area contributed by atoms with Crippen molar-refractivity contribution in [3.63, 3.8) is 0 Å². The first-order valence-electron chi connectivity index (χ1n) is 5.02. The highest BCUT2D eigenvalue weighted by Gasteiger charge is 2.21. The number of hydrogen-bond donors (Lipinski definition) is 1. The number of aliphatic hydroxyl groups is 1. The number of hydrogen-bond acceptors (Lipinski definition) is 3. The average molecular weight is 208 g/mol. The molecule has 0 aliphatic rings. The summed E-state index contributed by atoms with van der Waals surface area (Å²) in [6.07, 6.45) is 1.47. The lowest BCUT2D eigenvalue weighted by atomic mass is 9.98. The highest BCUT2D eigenvalue weighted by atomic mass is 16.5. The standard InChI is InChI=1S/C12H16O3/c1-3-8-15-11-6-4-10(5-7-11)12(2,14)9-13/h4-7,9,14H,3,8H2,1-2H3. The fraction of sp³-hybridized carbons (Fsp3) is 0.417. The number of aldehydes is 1. The average Bonchev–Trinajstić information content (AvgIpc) is 2.27. The van der Waals surface area contributed by atoms with Gasteiger partial charge in [0.1, 0.15) is 11.4 Å². The molecule has 15 heavy (non-hydrogen) atoms. The van der Waals surface area contributed by atoms with Gasteiger partial charge >= 0.3 is 0 Å². The highest BCUT2D eigenvalue weighted by molar-refractivity contribution is 5.65. The van der Waals surface area contributed by atoms with E-state index in [0.29, 0.717) is 18.5 Å².